The number of hydrogen-bond donors (Lipinski definition) is 1. The molecule has 1 heterocycles. The first-order chi connectivity index (χ1) is 14.6. The molecule has 2 fully saturated rings. The lowest BCUT2D eigenvalue weighted by Gasteiger charge is -2.44. The van der Waals surface area contributed by atoms with Crippen molar-refractivity contribution < 1.29 is 13.5 Å². The summed E-state index contributed by atoms with van der Waals surface area (Å²) < 4.78 is 26.1. The molecular formula is C27H44O3S. The van der Waals surface area contributed by atoms with Gasteiger partial charge in [0.2, 0.25) is 0 Å². The minimum absolute atomic E-state index is 0.223. The van der Waals surface area contributed by atoms with E-state index in [2.05, 4.69) is 33.8 Å². The van der Waals surface area contributed by atoms with Crippen molar-refractivity contribution in [3.8, 4) is 0 Å². The second-order valence-corrected chi connectivity index (χ2v) is 14.0. The molecule has 3 aliphatic carbocycles. The van der Waals surface area contributed by atoms with Crippen molar-refractivity contribution in [3.05, 3.63) is 22.8 Å². The Balaban J connectivity index is 1.54. The molecule has 31 heavy (non-hydrogen) atoms. The molecule has 0 aromatic carbocycles. The zero-order valence-electron chi connectivity index (χ0n) is 20.2. The van der Waals surface area contributed by atoms with Crippen molar-refractivity contribution in [2.45, 2.75) is 110 Å². The first kappa shape index (κ1) is 23.5. The van der Waals surface area contributed by atoms with Crippen molar-refractivity contribution in [1.29, 1.82) is 0 Å². The Kier molecular flexibility index (Phi) is 6.81. The van der Waals surface area contributed by atoms with E-state index in [1.807, 2.05) is 0 Å². The summed E-state index contributed by atoms with van der Waals surface area (Å²) >= 11 is 0. The van der Waals surface area contributed by atoms with E-state index in [1.54, 1.807) is 0 Å². The van der Waals surface area contributed by atoms with Crippen LogP contribution in [0.5, 0.6) is 0 Å². The van der Waals surface area contributed by atoms with Crippen molar-refractivity contribution in [2.24, 2.45) is 29.1 Å². The molecule has 3 nitrogen and oxygen atoms in total. The maximum absolute atomic E-state index is 13.1. The predicted octanol–water partition coefficient (Wildman–Crippen LogP) is 6.23. The highest BCUT2D eigenvalue weighted by molar-refractivity contribution is 7.92. The van der Waals surface area contributed by atoms with Gasteiger partial charge >= 0.3 is 0 Å². The smallest absolute Gasteiger partial charge is 0.164 e. The Morgan fingerprint density at radius 3 is 2.65 bits per heavy atom. The first-order valence-corrected chi connectivity index (χ1v) is 14.6. The van der Waals surface area contributed by atoms with Crippen LogP contribution in [0.3, 0.4) is 0 Å². The van der Waals surface area contributed by atoms with Crippen molar-refractivity contribution in [3.63, 3.8) is 0 Å². The fourth-order valence-electron chi connectivity index (χ4n) is 7.70. The summed E-state index contributed by atoms with van der Waals surface area (Å²) in [7, 11) is -3.15. The lowest BCUT2D eigenvalue weighted by atomic mass is 9.60. The van der Waals surface area contributed by atoms with Crippen LogP contribution in [0.1, 0.15) is 98.3 Å². The maximum atomic E-state index is 13.1. The molecule has 6 unspecified atom stereocenters. The summed E-state index contributed by atoms with van der Waals surface area (Å²) in [5.41, 5.74) is 3.89. The Bertz CT molecular complexity index is 837. The van der Waals surface area contributed by atoms with Crippen molar-refractivity contribution in [2.75, 3.05) is 5.75 Å². The van der Waals surface area contributed by atoms with Crippen LogP contribution in [0.15, 0.2) is 22.8 Å². The van der Waals surface area contributed by atoms with Gasteiger partial charge in [-0.25, -0.2) is 8.42 Å². The zero-order valence-corrected chi connectivity index (χ0v) is 21.0. The number of hydrogen-bond acceptors (Lipinski definition) is 3. The van der Waals surface area contributed by atoms with Crippen LogP contribution < -0.4 is 0 Å². The van der Waals surface area contributed by atoms with Gasteiger partial charge in [-0.05, 0) is 86.0 Å². The highest BCUT2D eigenvalue weighted by Gasteiger charge is 2.51. The molecule has 0 saturated heterocycles. The third-order valence-corrected chi connectivity index (χ3v) is 11.3. The van der Waals surface area contributed by atoms with Gasteiger partial charge in [0.05, 0.1) is 11.9 Å². The Labute approximate surface area is 190 Å². The van der Waals surface area contributed by atoms with Crippen molar-refractivity contribution >= 4 is 9.84 Å². The van der Waals surface area contributed by atoms with Crippen LogP contribution >= 0.6 is 0 Å². The van der Waals surface area contributed by atoms with Crippen LogP contribution in [-0.4, -0.2) is 30.6 Å². The summed E-state index contributed by atoms with van der Waals surface area (Å²) in [6.45, 7) is 9.62. The summed E-state index contributed by atoms with van der Waals surface area (Å²) in [6, 6.07) is 0. The molecule has 4 heteroatoms. The van der Waals surface area contributed by atoms with E-state index in [4.69, 9.17) is 0 Å². The topological polar surface area (TPSA) is 54.4 Å². The SMILES string of the molecule is CC(C)CCCC(C)C1CCC2/C(=C/C3C4=C(CCC(O)C4)CS3(=O)=O)CCCC21C. The van der Waals surface area contributed by atoms with E-state index in [-0.39, 0.29) is 11.9 Å². The molecule has 4 rings (SSSR count). The van der Waals surface area contributed by atoms with Crippen LogP contribution in [0.2, 0.25) is 0 Å². The van der Waals surface area contributed by atoms with Crippen LogP contribution in [0.4, 0.5) is 0 Å². The average molecular weight is 449 g/mol. The summed E-state index contributed by atoms with van der Waals surface area (Å²) in [6.07, 6.45) is 13.9. The van der Waals surface area contributed by atoms with E-state index < -0.39 is 15.1 Å². The molecule has 176 valence electrons. The molecule has 0 radical (unpaired) electrons. The zero-order chi connectivity index (χ0) is 22.4. The number of aliphatic hydroxyl groups excluding tert-OH is 1. The Hall–Kier alpha value is -0.610. The number of sulfone groups is 1. The van der Waals surface area contributed by atoms with Gasteiger partial charge in [-0.15, -0.1) is 0 Å². The molecule has 0 bridgehead atoms. The molecule has 1 aliphatic heterocycles. The molecular weight excluding hydrogens is 404 g/mol. The quantitative estimate of drug-likeness (QED) is 0.490. The van der Waals surface area contributed by atoms with E-state index >= 15 is 0 Å². The minimum Gasteiger partial charge on any atom is -0.393 e. The molecule has 0 amide bonds. The van der Waals surface area contributed by atoms with Gasteiger partial charge in [-0.1, -0.05) is 64.2 Å². The number of allylic oxidation sites excluding steroid dienone is 1. The van der Waals surface area contributed by atoms with Crippen LogP contribution in [0, 0.1) is 29.1 Å². The third kappa shape index (κ3) is 4.58. The molecule has 0 spiro atoms. The van der Waals surface area contributed by atoms with Crippen LogP contribution in [-0.2, 0) is 9.84 Å². The lowest BCUT2D eigenvalue weighted by molar-refractivity contribution is 0.0926. The van der Waals surface area contributed by atoms with Gasteiger partial charge in [0.15, 0.2) is 9.84 Å². The largest absolute Gasteiger partial charge is 0.393 e. The molecule has 4 aliphatic rings. The Morgan fingerprint density at radius 1 is 1.13 bits per heavy atom. The van der Waals surface area contributed by atoms with Gasteiger partial charge in [0.25, 0.3) is 0 Å². The molecule has 6 atom stereocenters. The molecule has 1 N–H and O–H groups in total. The first-order valence-electron chi connectivity index (χ1n) is 12.9. The lowest BCUT2D eigenvalue weighted by Crippen LogP contribution is -2.36. The fraction of sp³-hybridized carbons (Fsp3) is 0.852. The summed E-state index contributed by atoms with van der Waals surface area (Å²) in [4.78, 5) is 0. The van der Waals surface area contributed by atoms with E-state index in [0.29, 0.717) is 24.2 Å². The standard InChI is InChI=1S/C27H44O3S/c1-18(2)7-5-8-19(3)24-12-13-25-20(9-6-14-27(24,25)4)15-26-23-16-22(28)11-10-21(23)17-31(26,29)30/h15,18-19,22,24-26,28H,5-14,16-17H2,1-4H3/b20-15+. The third-order valence-electron chi connectivity index (χ3n) is 9.33. The number of fused-ring (bicyclic) bond motifs is 1. The van der Waals surface area contributed by atoms with E-state index in [9.17, 15) is 13.5 Å². The van der Waals surface area contributed by atoms with Gasteiger partial charge in [-0.2, -0.15) is 0 Å². The van der Waals surface area contributed by atoms with E-state index in [1.165, 1.54) is 50.5 Å². The van der Waals surface area contributed by atoms with Gasteiger partial charge in [-0.3, -0.25) is 0 Å². The Morgan fingerprint density at radius 2 is 1.90 bits per heavy atom. The monoisotopic (exact) mass is 448 g/mol. The highest BCUT2D eigenvalue weighted by atomic mass is 32.2. The average Bonchev–Trinajstić information content (AvgIpc) is 3.16. The molecule has 0 aromatic heterocycles. The van der Waals surface area contributed by atoms with Crippen LogP contribution in [0.25, 0.3) is 0 Å². The second-order valence-electron chi connectivity index (χ2n) is 11.9. The predicted molar refractivity (Wildman–Crippen MR) is 129 cm³/mol. The highest BCUT2D eigenvalue weighted by Crippen LogP contribution is 2.60. The molecule has 2 saturated carbocycles. The minimum atomic E-state index is -3.15. The summed E-state index contributed by atoms with van der Waals surface area (Å²) in [5, 5.41) is 9.73. The number of rotatable bonds is 6. The fourth-order valence-corrected chi connectivity index (χ4v) is 9.77. The summed E-state index contributed by atoms with van der Waals surface area (Å²) in [5.74, 6) is 3.08. The van der Waals surface area contributed by atoms with E-state index in [0.717, 1.165) is 41.7 Å². The normalized spacial score (nSPS) is 39.7. The van der Waals surface area contributed by atoms with Gasteiger partial charge < -0.3 is 5.11 Å². The number of aliphatic hydroxyl groups is 1. The van der Waals surface area contributed by atoms with Crippen molar-refractivity contribution in [1.82, 2.24) is 0 Å². The molecule has 0 aromatic rings. The second kappa shape index (κ2) is 8.97. The maximum Gasteiger partial charge on any atom is 0.164 e. The van der Waals surface area contributed by atoms with Gasteiger partial charge in [0, 0.05) is 0 Å². The van der Waals surface area contributed by atoms with Gasteiger partial charge in [0.1, 0.15) is 5.25 Å².